The number of aliphatic hydroxyl groups excluding tert-OH is 1. The third-order valence-electron chi connectivity index (χ3n) is 2.94. The number of rotatable bonds is 9. The normalized spacial score (nSPS) is 14.6. The molecule has 1 aromatic rings. The van der Waals surface area contributed by atoms with Crippen LogP contribution < -0.4 is 16.4 Å². The number of nitrogens with zero attached hydrogens (tertiary/aromatic N) is 1. The van der Waals surface area contributed by atoms with Crippen LogP contribution in [-0.4, -0.2) is 68.4 Å². The maximum absolute atomic E-state index is 11.9. The molecule has 0 spiro atoms. The fourth-order valence-corrected chi connectivity index (χ4v) is 1.90. The quantitative estimate of drug-likeness (QED) is 0.238. The number of aliphatic hydroxyl groups is 1. The summed E-state index contributed by atoms with van der Waals surface area (Å²) in [6, 6.07) is -3.50. The van der Waals surface area contributed by atoms with Gasteiger partial charge >= 0.3 is 5.97 Å². The number of hydrogen-bond acceptors (Lipinski definition) is 7. The second-order valence-corrected chi connectivity index (χ2v) is 5.08. The van der Waals surface area contributed by atoms with E-state index >= 15 is 0 Å². The molecule has 0 aliphatic carbocycles. The third kappa shape index (κ3) is 5.88. The van der Waals surface area contributed by atoms with Crippen LogP contribution in [0.1, 0.15) is 5.69 Å². The Morgan fingerprint density at radius 1 is 1.30 bits per heavy atom. The van der Waals surface area contributed by atoms with Crippen LogP contribution in [0.4, 0.5) is 0 Å². The zero-order valence-corrected chi connectivity index (χ0v) is 13.0. The van der Waals surface area contributed by atoms with Gasteiger partial charge in [-0.15, -0.1) is 0 Å². The molecule has 1 heterocycles. The van der Waals surface area contributed by atoms with Gasteiger partial charge in [0.1, 0.15) is 12.1 Å². The highest BCUT2D eigenvalue weighted by molar-refractivity contribution is 7.80. The minimum atomic E-state index is -1.31. The highest BCUT2D eigenvalue weighted by Crippen LogP contribution is 1.98. The van der Waals surface area contributed by atoms with Crippen molar-refractivity contribution in [3.8, 4) is 0 Å². The number of aromatic amines is 1. The fourth-order valence-electron chi connectivity index (χ4n) is 1.66. The highest BCUT2D eigenvalue weighted by atomic mass is 32.1. The topological polar surface area (TPSA) is 170 Å². The van der Waals surface area contributed by atoms with Crippen molar-refractivity contribution in [1.29, 1.82) is 0 Å². The molecule has 11 heteroatoms. The predicted molar refractivity (Wildman–Crippen MR) is 82.7 cm³/mol. The van der Waals surface area contributed by atoms with Crippen LogP contribution in [-0.2, 0) is 20.8 Å². The first-order chi connectivity index (χ1) is 10.9. The zero-order valence-electron chi connectivity index (χ0n) is 12.1. The summed E-state index contributed by atoms with van der Waals surface area (Å²) in [6.07, 6.45) is 3.11. The molecule has 0 saturated heterocycles. The van der Waals surface area contributed by atoms with E-state index in [9.17, 15) is 19.5 Å². The number of carbonyl (C=O) groups excluding carboxylic acids is 2. The molecule has 0 aliphatic rings. The smallest absolute Gasteiger partial charge is 0.327 e. The molecule has 128 valence electrons. The third-order valence-corrected chi connectivity index (χ3v) is 3.31. The monoisotopic (exact) mass is 345 g/mol. The van der Waals surface area contributed by atoms with Gasteiger partial charge in [0.15, 0.2) is 0 Å². The fraction of sp³-hybridized carbons (Fsp3) is 0.500. The van der Waals surface area contributed by atoms with Crippen LogP contribution in [0, 0.1) is 0 Å². The van der Waals surface area contributed by atoms with E-state index in [1.54, 1.807) is 0 Å². The molecule has 3 atom stereocenters. The SMILES string of the molecule is N[C@@H](Cc1cnc[nH]1)C(=O)N[C@@H](CO)C(=O)N[C@@H](CS)C(=O)O. The Morgan fingerprint density at radius 3 is 2.43 bits per heavy atom. The summed E-state index contributed by atoms with van der Waals surface area (Å²) in [5.74, 6) is -2.90. The molecule has 0 radical (unpaired) electrons. The van der Waals surface area contributed by atoms with Gasteiger partial charge in [-0.05, 0) is 0 Å². The molecule has 0 unspecified atom stereocenters. The summed E-state index contributed by atoms with van der Waals surface area (Å²) in [4.78, 5) is 41.2. The Morgan fingerprint density at radius 2 is 1.96 bits per heavy atom. The van der Waals surface area contributed by atoms with Crippen molar-refractivity contribution in [2.45, 2.75) is 24.5 Å². The predicted octanol–water partition coefficient (Wildman–Crippen LogP) is -2.74. The van der Waals surface area contributed by atoms with Crippen LogP contribution in [0.15, 0.2) is 12.5 Å². The molecule has 0 fully saturated rings. The number of imidazole rings is 1. The summed E-state index contributed by atoms with van der Waals surface area (Å²) in [5.41, 5.74) is 6.35. The van der Waals surface area contributed by atoms with Gasteiger partial charge < -0.3 is 31.6 Å². The maximum atomic E-state index is 11.9. The van der Waals surface area contributed by atoms with Crippen LogP contribution in [0.25, 0.3) is 0 Å². The maximum Gasteiger partial charge on any atom is 0.327 e. The zero-order chi connectivity index (χ0) is 17.4. The highest BCUT2D eigenvalue weighted by Gasteiger charge is 2.27. The summed E-state index contributed by atoms with van der Waals surface area (Å²) in [5, 5.41) is 22.5. The van der Waals surface area contributed by atoms with Gasteiger partial charge in [0, 0.05) is 24.1 Å². The lowest BCUT2D eigenvalue weighted by Gasteiger charge is -2.20. The number of nitrogens with two attached hydrogens (primary N) is 1. The largest absolute Gasteiger partial charge is 0.480 e. The minimum Gasteiger partial charge on any atom is -0.480 e. The van der Waals surface area contributed by atoms with Crippen molar-refractivity contribution in [1.82, 2.24) is 20.6 Å². The van der Waals surface area contributed by atoms with Crippen molar-refractivity contribution in [2.75, 3.05) is 12.4 Å². The van der Waals surface area contributed by atoms with Gasteiger partial charge in [0.2, 0.25) is 11.8 Å². The first-order valence-corrected chi connectivity index (χ1v) is 7.30. The molecule has 0 saturated carbocycles. The van der Waals surface area contributed by atoms with Gasteiger partial charge in [-0.25, -0.2) is 9.78 Å². The number of thiol groups is 1. The molecule has 10 nitrogen and oxygen atoms in total. The molecule has 0 aromatic carbocycles. The van der Waals surface area contributed by atoms with E-state index < -0.39 is 42.5 Å². The van der Waals surface area contributed by atoms with Crippen LogP contribution in [0.5, 0.6) is 0 Å². The second-order valence-electron chi connectivity index (χ2n) is 4.71. The summed E-state index contributed by atoms with van der Waals surface area (Å²) in [6.45, 7) is -0.701. The first kappa shape index (κ1) is 18.9. The molecule has 1 rings (SSSR count). The number of aliphatic carboxylic acids is 1. The minimum absolute atomic E-state index is 0.132. The van der Waals surface area contributed by atoms with E-state index in [0.29, 0.717) is 5.69 Å². The van der Waals surface area contributed by atoms with E-state index in [1.165, 1.54) is 12.5 Å². The standard InChI is InChI=1S/C12H19N5O5S/c13-7(1-6-2-14-5-15-6)10(19)16-8(3-18)11(20)17-9(4-23)12(21)22/h2,5,7-9,18,23H,1,3-4,13H2,(H,14,15)(H,16,19)(H,17,20)(H,21,22)/t7-,8-,9-/m0/s1. The van der Waals surface area contributed by atoms with E-state index in [0.717, 1.165) is 0 Å². The second kappa shape index (κ2) is 9.12. The molecule has 7 N–H and O–H groups in total. The first-order valence-electron chi connectivity index (χ1n) is 6.67. The van der Waals surface area contributed by atoms with Crippen LogP contribution in [0.3, 0.4) is 0 Å². The van der Waals surface area contributed by atoms with Crippen LogP contribution in [0.2, 0.25) is 0 Å². The number of carboxylic acids is 1. The lowest BCUT2D eigenvalue weighted by Crippen LogP contribution is -2.56. The average molecular weight is 345 g/mol. The molecule has 0 aliphatic heterocycles. The van der Waals surface area contributed by atoms with Gasteiger partial charge in [-0.2, -0.15) is 12.6 Å². The molecule has 23 heavy (non-hydrogen) atoms. The molecular weight excluding hydrogens is 326 g/mol. The summed E-state index contributed by atoms with van der Waals surface area (Å²) >= 11 is 3.80. The average Bonchev–Trinajstić information content (AvgIpc) is 3.02. The number of nitrogens with one attached hydrogen (secondary N) is 3. The number of hydrogen-bond donors (Lipinski definition) is 7. The Balaban J connectivity index is 2.58. The van der Waals surface area contributed by atoms with Crippen molar-refractivity contribution in [3.63, 3.8) is 0 Å². The van der Waals surface area contributed by atoms with Gasteiger partial charge in [0.25, 0.3) is 0 Å². The Hall–Kier alpha value is -2.11. The number of amides is 2. The van der Waals surface area contributed by atoms with Crippen molar-refractivity contribution < 1.29 is 24.6 Å². The lowest BCUT2D eigenvalue weighted by atomic mass is 10.1. The number of H-pyrrole nitrogens is 1. The van der Waals surface area contributed by atoms with Crippen LogP contribution >= 0.6 is 12.6 Å². The Labute approximate surface area is 137 Å². The Bertz CT molecular complexity index is 538. The van der Waals surface area contributed by atoms with E-state index in [4.69, 9.17) is 10.8 Å². The van der Waals surface area contributed by atoms with Gasteiger partial charge in [-0.1, -0.05) is 0 Å². The van der Waals surface area contributed by atoms with Crippen molar-refractivity contribution in [2.24, 2.45) is 5.73 Å². The van der Waals surface area contributed by atoms with Gasteiger partial charge in [0.05, 0.1) is 19.0 Å². The summed E-state index contributed by atoms with van der Waals surface area (Å²) in [7, 11) is 0. The van der Waals surface area contributed by atoms with E-state index in [1.807, 2.05) is 0 Å². The van der Waals surface area contributed by atoms with Crippen molar-refractivity contribution >= 4 is 30.4 Å². The van der Waals surface area contributed by atoms with E-state index in [2.05, 4.69) is 33.2 Å². The number of carbonyl (C=O) groups is 3. The molecule has 2 amide bonds. The number of carboxylic acid groups (broad SMARTS) is 1. The van der Waals surface area contributed by atoms with Gasteiger partial charge in [-0.3, -0.25) is 9.59 Å². The molecule has 0 bridgehead atoms. The number of aromatic nitrogens is 2. The summed E-state index contributed by atoms with van der Waals surface area (Å²) < 4.78 is 0. The van der Waals surface area contributed by atoms with E-state index in [-0.39, 0.29) is 12.2 Å². The lowest BCUT2D eigenvalue weighted by molar-refractivity contribution is -0.141. The molecule has 1 aromatic heterocycles. The Kier molecular flexibility index (Phi) is 7.51. The molecular formula is C12H19N5O5S. The van der Waals surface area contributed by atoms with Crippen molar-refractivity contribution in [3.05, 3.63) is 18.2 Å².